The lowest BCUT2D eigenvalue weighted by molar-refractivity contribution is -0.152. The molecule has 7 heteroatoms. The van der Waals surface area contributed by atoms with E-state index in [1.54, 1.807) is 31.2 Å². The van der Waals surface area contributed by atoms with Gasteiger partial charge in [0.2, 0.25) is 11.7 Å². The lowest BCUT2D eigenvalue weighted by Crippen LogP contribution is -2.70. The van der Waals surface area contributed by atoms with Crippen molar-refractivity contribution in [1.29, 1.82) is 0 Å². The Balaban J connectivity index is 1.34. The molecule has 0 radical (unpaired) electrons. The van der Waals surface area contributed by atoms with Crippen molar-refractivity contribution in [2.75, 3.05) is 13.1 Å². The van der Waals surface area contributed by atoms with Gasteiger partial charge >= 0.3 is 0 Å². The summed E-state index contributed by atoms with van der Waals surface area (Å²) in [5.74, 6) is -2.16. The number of carbonyl (C=O) groups is 5. The minimum Gasteiger partial charge on any atom is -0.346 e. The molecular formula is C33H46N2O5. The second-order valence-corrected chi connectivity index (χ2v) is 13.8. The van der Waals surface area contributed by atoms with Crippen molar-refractivity contribution in [3.8, 4) is 0 Å². The highest BCUT2D eigenvalue weighted by Gasteiger charge is 2.65. The van der Waals surface area contributed by atoms with E-state index >= 15 is 0 Å². The Bertz CT molecular complexity index is 1150. The van der Waals surface area contributed by atoms with E-state index in [0.717, 1.165) is 19.5 Å². The Morgan fingerprint density at radius 3 is 2.23 bits per heavy atom. The Hall–Kier alpha value is -2.67. The molecule has 218 valence electrons. The number of ketones is 4. The lowest BCUT2D eigenvalue weighted by atomic mass is 9.55. The van der Waals surface area contributed by atoms with Gasteiger partial charge in [0.15, 0.2) is 17.3 Å². The number of amides is 1. The molecule has 3 fully saturated rings. The first-order valence-corrected chi connectivity index (χ1v) is 15.0. The summed E-state index contributed by atoms with van der Waals surface area (Å²) in [6.45, 7) is 13.0. The summed E-state index contributed by atoms with van der Waals surface area (Å²) >= 11 is 0. The summed E-state index contributed by atoms with van der Waals surface area (Å²) in [7, 11) is 0. The third-order valence-corrected chi connectivity index (χ3v) is 10.0. The number of rotatable bonds is 13. The number of nitrogens with one attached hydrogen (secondary N) is 1. The molecule has 40 heavy (non-hydrogen) atoms. The SMILES string of the molecule is CC(C)[C@H](CC(=O)[C@H](C)NC(=O)[C@@H](CC(=O)c1ccccc1)C(C)(C)C)C(=O)C(=O)CC1CN2CCC3CCC312. The van der Waals surface area contributed by atoms with Gasteiger partial charge in [-0.2, -0.15) is 0 Å². The first-order chi connectivity index (χ1) is 18.8. The molecular weight excluding hydrogens is 504 g/mol. The lowest BCUT2D eigenvalue weighted by Gasteiger charge is -2.63. The summed E-state index contributed by atoms with van der Waals surface area (Å²) in [5.41, 5.74) is 0.199. The average molecular weight is 551 g/mol. The normalized spacial score (nSPS) is 26.0. The summed E-state index contributed by atoms with van der Waals surface area (Å²) in [6, 6.07) is 8.04. The fourth-order valence-corrected chi connectivity index (χ4v) is 7.25. The van der Waals surface area contributed by atoms with Gasteiger partial charge in [-0.1, -0.05) is 65.0 Å². The van der Waals surface area contributed by atoms with E-state index in [1.165, 1.54) is 12.8 Å². The summed E-state index contributed by atoms with van der Waals surface area (Å²) in [5, 5.41) is 2.81. The molecule has 1 aromatic carbocycles. The molecule has 1 amide bonds. The van der Waals surface area contributed by atoms with E-state index in [1.807, 2.05) is 40.7 Å². The number of benzene rings is 1. The molecule has 7 nitrogen and oxygen atoms in total. The zero-order valence-electron chi connectivity index (χ0n) is 25.0. The van der Waals surface area contributed by atoms with Crippen molar-refractivity contribution in [2.24, 2.45) is 35.0 Å². The van der Waals surface area contributed by atoms with E-state index in [9.17, 15) is 24.0 Å². The number of carbonyl (C=O) groups excluding carboxylic acids is 5. The van der Waals surface area contributed by atoms with Gasteiger partial charge in [-0.25, -0.2) is 0 Å². The van der Waals surface area contributed by atoms with E-state index in [-0.39, 0.29) is 59.9 Å². The Kier molecular flexibility index (Phi) is 8.84. The van der Waals surface area contributed by atoms with Crippen LogP contribution in [0.4, 0.5) is 0 Å². The predicted octanol–water partition coefficient (Wildman–Crippen LogP) is 4.67. The summed E-state index contributed by atoms with van der Waals surface area (Å²) < 4.78 is 0. The maximum absolute atomic E-state index is 13.3. The van der Waals surface area contributed by atoms with Crippen LogP contribution >= 0.6 is 0 Å². The number of Topliss-reactive ketones (excluding diaryl/α,β-unsaturated/α-hetero) is 4. The molecule has 1 spiro atoms. The van der Waals surface area contributed by atoms with Crippen LogP contribution in [0.2, 0.25) is 0 Å². The van der Waals surface area contributed by atoms with Crippen LogP contribution in [0.5, 0.6) is 0 Å². The standard InChI is InChI=1S/C33H46N2O5/c1-20(2)25(30(39)29(38)16-24-19-35-15-13-23-12-14-33(23,24)35)17-27(36)21(3)34-31(40)26(32(4,5)6)18-28(37)22-10-8-7-9-11-22/h7-11,20-21,23-26H,12-19H2,1-6H3,(H,34,40)/t21-,23?,24?,25-,26+,33?/m0/s1. The third kappa shape index (κ3) is 5.86. The average Bonchev–Trinajstić information content (AvgIpc) is 3.06. The second kappa shape index (κ2) is 11.7. The molecule has 3 aliphatic rings. The second-order valence-electron chi connectivity index (χ2n) is 13.8. The van der Waals surface area contributed by atoms with Crippen LogP contribution in [0, 0.1) is 35.0 Å². The molecule has 6 atom stereocenters. The van der Waals surface area contributed by atoms with Gasteiger partial charge in [0.1, 0.15) is 0 Å². The van der Waals surface area contributed by atoms with Crippen LogP contribution in [0.1, 0.15) is 90.4 Å². The highest BCUT2D eigenvalue weighted by molar-refractivity contribution is 6.38. The van der Waals surface area contributed by atoms with Crippen molar-refractivity contribution < 1.29 is 24.0 Å². The number of nitrogens with zero attached hydrogens (tertiary/aromatic N) is 1. The summed E-state index contributed by atoms with van der Waals surface area (Å²) in [4.78, 5) is 68.3. The van der Waals surface area contributed by atoms with Gasteiger partial charge in [-0.05, 0) is 55.9 Å². The number of hydrogen-bond donors (Lipinski definition) is 1. The zero-order chi connectivity index (χ0) is 29.4. The molecule has 1 N–H and O–H groups in total. The molecule has 0 aromatic heterocycles. The molecule has 0 bridgehead atoms. The zero-order valence-corrected chi connectivity index (χ0v) is 25.0. The fraction of sp³-hybridized carbons (Fsp3) is 0.667. The Morgan fingerprint density at radius 1 is 1.00 bits per heavy atom. The van der Waals surface area contributed by atoms with Crippen LogP contribution in [0.15, 0.2) is 30.3 Å². The first kappa shape index (κ1) is 30.3. The van der Waals surface area contributed by atoms with Crippen LogP contribution in [0.25, 0.3) is 0 Å². The molecule has 1 aromatic rings. The minimum absolute atomic E-state index is 0.0306. The van der Waals surface area contributed by atoms with Crippen molar-refractivity contribution in [2.45, 2.75) is 91.6 Å². The monoisotopic (exact) mass is 550 g/mol. The third-order valence-electron chi connectivity index (χ3n) is 10.0. The Morgan fingerprint density at radius 2 is 1.68 bits per heavy atom. The molecule has 3 unspecified atom stereocenters. The van der Waals surface area contributed by atoms with Gasteiger partial charge in [0, 0.05) is 42.8 Å². The smallest absolute Gasteiger partial charge is 0.224 e. The maximum Gasteiger partial charge on any atom is 0.224 e. The van der Waals surface area contributed by atoms with Crippen LogP contribution < -0.4 is 5.32 Å². The van der Waals surface area contributed by atoms with Gasteiger partial charge in [0.05, 0.1) is 12.0 Å². The Labute approximate surface area is 238 Å². The van der Waals surface area contributed by atoms with Gasteiger partial charge in [-0.15, -0.1) is 0 Å². The van der Waals surface area contributed by atoms with Crippen molar-refractivity contribution in [3.05, 3.63) is 35.9 Å². The predicted molar refractivity (Wildman–Crippen MR) is 154 cm³/mol. The van der Waals surface area contributed by atoms with Crippen molar-refractivity contribution in [1.82, 2.24) is 10.2 Å². The highest BCUT2D eigenvalue weighted by atomic mass is 16.2. The van der Waals surface area contributed by atoms with Crippen LogP contribution in [0.3, 0.4) is 0 Å². The van der Waals surface area contributed by atoms with Gasteiger partial charge in [-0.3, -0.25) is 28.9 Å². The molecule has 2 heterocycles. The fourth-order valence-electron chi connectivity index (χ4n) is 7.25. The number of hydrogen-bond acceptors (Lipinski definition) is 6. The molecule has 2 aliphatic heterocycles. The topological polar surface area (TPSA) is 101 Å². The van der Waals surface area contributed by atoms with Gasteiger partial charge < -0.3 is 5.32 Å². The highest BCUT2D eigenvalue weighted by Crippen LogP contribution is 2.61. The van der Waals surface area contributed by atoms with E-state index in [2.05, 4.69) is 10.2 Å². The maximum atomic E-state index is 13.3. The molecule has 1 saturated carbocycles. The molecule has 1 aliphatic carbocycles. The quantitative estimate of drug-likeness (QED) is 0.283. The van der Waals surface area contributed by atoms with E-state index in [0.29, 0.717) is 11.5 Å². The van der Waals surface area contributed by atoms with Crippen LogP contribution in [-0.4, -0.2) is 58.6 Å². The van der Waals surface area contributed by atoms with Crippen LogP contribution in [-0.2, 0) is 19.2 Å². The largest absolute Gasteiger partial charge is 0.346 e. The van der Waals surface area contributed by atoms with Gasteiger partial charge in [0.25, 0.3) is 0 Å². The minimum atomic E-state index is -0.832. The van der Waals surface area contributed by atoms with E-state index < -0.39 is 29.1 Å². The van der Waals surface area contributed by atoms with Crippen molar-refractivity contribution >= 4 is 29.0 Å². The molecule has 4 rings (SSSR count). The van der Waals surface area contributed by atoms with Crippen molar-refractivity contribution in [3.63, 3.8) is 0 Å². The summed E-state index contributed by atoms with van der Waals surface area (Å²) in [6.07, 6.45) is 3.76. The van der Waals surface area contributed by atoms with E-state index in [4.69, 9.17) is 0 Å². The molecule has 2 saturated heterocycles. The first-order valence-electron chi connectivity index (χ1n) is 15.0.